The van der Waals surface area contributed by atoms with Gasteiger partial charge in [0.05, 0.1) is 16.5 Å². The molecule has 0 saturated heterocycles. The van der Waals surface area contributed by atoms with Crippen molar-refractivity contribution in [2.24, 2.45) is 0 Å². The highest BCUT2D eigenvalue weighted by molar-refractivity contribution is 6.22. The Labute approximate surface area is 123 Å². The van der Waals surface area contributed by atoms with Gasteiger partial charge in [0, 0.05) is 11.8 Å². The van der Waals surface area contributed by atoms with Crippen molar-refractivity contribution in [3.63, 3.8) is 0 Å². The van der Waals surface area contributed by atoms with Crippen LogP contribution in [-0.4, -0.2) is 28.1 Å². The van der Waals surface area contributed by atoms with E-state index in [0.717, 1.165) is 0 Å². The van der Waals surface area contributed by atoms with Crippen LogP contribution in [0.15, 0.2) is 12.1 Å². The number of nitro groups is 1. The Morgan fingerprint density at radius 1 is 1.35 bits per heavy atom. The van der Waals surface area contributed by atoms with E-state index in [0.29, 0.717) is 12.1 Å². The predicted octanol–water partition coefficient (Wildman–Crippen LogP) is 2.84. The highest BCUT2D eigenvalue weighted by Gasteiger charge is 2.29. The fourth-order valence-corrected chi connectivity index (χ4v) is 1.73. The quantitative estimate of drug-likeness (QED) is 0.513. The largest absolute Gasteiger partial charge is 0.344 e. The van der Waals surface area contributed by atoms with Gasteiger partial charge in [0.2, 0.25) is 0 Å². The molecule has 1 N–H and O–H groups in total. The molecule has 0 aromatic heterocycles. The normalized spacial score (nSPS) is 11.2. The summed E-state index contributed by atoms with van der Waals surface area (Å²) in [7, 11) is 0. The number of carbonyl (C=O) groups excluding carboxylic acids is 1. The zero-order valence-electron chi connectivity index (χ0n) is 10.3. The summed E-state index contributed by atoms with van der Waals surface area (Å²) in [6, 6.07) is 0.814. The van der Waals surface area contributed by atoms with Crippen LogP contribution in [0.2, 0.25) is 0 Å². The summed E-state index contributed by atoms with van der Waals surface area (Å²) in [5, 5.41) is 13.1. The standard InChI is InChI=1S/C11H10Cl2F2N2O3/c1-11(4-12,5-13)16-10(18)6-2-7(14)8(15)3-9(6)17(19)20/h2-3H,4-5H2,1H3,(H,16,18). The van der Waals surface area contributed by atoms with Gasteiger partial charge in [-0.2, -0.15) is 0 Å². The Hall–Kier alpha value is -1.47. The monoisotopic (exact) mass is 326 g/mol. The Bertz CT molecular complexity index is 551. The molecule has 0 unspecified atom stereocenters. The molecule has 0 bridgehead atoms. The molecule has 1 amide bonds. The first kappa shape index (κ1) is 16.6. The Balaban J connectivity index is 3.22. The first-order valence-electron chi connectivity index (χ1n) is 5.32. The number of carbonyl (C=O) groups is 1. The number of halogens is 4. The third kappa shape index (κ3) is 3.55. The molecule has 0 aliphatic heterocycles. The Morgan fingerprint density at radius 2 is 1.85 bits per heavy atom. The van der Waals surface area contributed by atoms with Gasteiger partial charge in [0.1, 0.15) is 5.56 Å². The average molecular weight is 327 g/mol. The summed E-state index contributed by atoms with van der Waals surface area (Å²) >= 11 is 11.3. The van der Waals surface area contributed by atoms with E-state index in [1.165, 1.54) is 6.92 Å². The van der Waals surface area contributed by atoms with Gasteiger partial charge in [-0.25, -0.2) is 8.78 Å². The van der Waals surface area contributed by atoms with E-state index in [-0.39, 0.29) is 11.8 Å². The fraction of sp³-hybridized carbons (Fsp3) is 0.364. The molecule has 0 fully saturated rings. The number of nitrogens with one attached hydrogen (secondary N) is 1. The van der Waals surface area contributed by atoms with E-state index in [9.17, 15) is 23.7 Å². The lowest BCUT2D eigenvalue weighted by molar-refractivity contribution is -0.385. The van der Waals surface area contributed by atoms with Gasteiger partial charge in [-0.15, -0.1) is 23.2 Å². The van der Waals surface area contributed by atoms with E-state index in [2.05, 4.69) is 5.32 Å². The van der Waals surface area contributed by atoms with Crippen molar-refractivity contribution in [2.45, 2.75) is 12.5 Å². The summed E-state index contributed by atoms with van der Waals surface area (Å²) in [5.41, 5.74) is -2.47. The minimum absolute atomic E-state index is 0.0558. The van der Waals surface area contributed by atoms with Crippen LogP contribution in [0.3, 0.4) is 0 Å². The second kappa shape index (κ2) is 6.32. The molecule has 0 aliphatic rings. The minimum atomic E-state index is -1.41. The molecule has 0 aliphatic carbocycles. The third-order valence-electron chi connectivity index (χ3n) is 2.49. The van der Waals surface area contributed by atoms with Crippen molar-refractivity contribution in [1.29, 1.82) is 0 Å². The molecule has 0 heterocycles. The smallest absolute Gasteiger partial charge is 0.285 e. The van der Waals surface area contributed by atoms with Gasteiger partial charge in [0.25, 0.3) is 11.6 Å². The lowest BCUT2D eigenvalue weighted by atomic mass is 10.1. The van der Waals surface area contributed by atoms with Crippen molar-refractivity contribution < 1.29 is 18.5 Å². The Morgan fingerprint density at radius 3 is 2.30 bits per heavy atom. The number of hydrogen-bond donors (Lipinski definition) is 1. The highest BCUT2D eigenvalue weighted by atomic mass is 35.5. The summed E-state index contributed by atoms with van der Waals surface area (Å²) in [4.78, 5) is 21.7. The fourth-order valence-electron chi connectivity index (χ4n) is 1.31. The van der Waals surface area contributed by atoms with Crippen molar-refractivity contribution in [3.05, 3.63) is 39.4 Å². The lowest BCUT2D eigenvalue weighted by Gasteiger charge is -2.25. The Kier molecular flexibility index (Phi) is 5.24. The van der Waals surface area contributed by atoms with Crippen molar-refractivity contribution in [3.8, 4) is 0 Å². The van der Waals surface area contributed by atoms with E-state index in [1.54, 1.807) is 0 Å². The van der Waals surface area contributed by atoms with Gasteiger partial charge in [-0.05, 0) is 13.0 Å². The van der Waals surface area contributed by atoms with Crippen LogP contribution in [0.5, 0.6) is 0 Å². The summed E-state index contributed by atoms with van der Waals surface area (Å²) in [6.45, 7) is 1.51. The molecule has 0 atom stereocenters. The van der Waals surface area contributed by atoms with E-state index in [1.807, 2.05) is 0 Å². The second-order valence-corrected chi connectivity index (χ2v) is 4.86. The molecule has 0 spiro atoms. The predicted molar refractivity (Wildman–Crippen MR) is 70.3 cm³/mol. The van der Waals surface area contributed by atoms with Gasteiger partial charge in [-0.1, -0.05) is 0 Å². The summed E-state index contributed by atoms with van der Waals surface area (Å²) in [5.74, 6) is -3.84. The summed E-state index contributed by atoms with van der Waals surface area (Å²) in [6.07, 6.45) is 0. The van der Waals surface area contributed by atoms with Crippen LogP contribution >= 0.6 is 23.2 Å². The van der Waals surface area contributed by atoms with Crippen LogP contribution < -0.4 is 5.32 Å². The van der Waals surface area contributed by atoms with Gasteiger partial charge < -0.3 is 5.32 Å². The number of benzene rings is 1. The van der Waals surface area contributed by atoms with Crippen LogP contribution in [0, 0.1) is 21.7 Å². The zero-order valence-corrected chi connectivity index (χ0v) is 11.8. The van der Waals surface area contributed by atoms with Gasteiger partial charge in [-0.3, -0.25) is 14.9 Å². The van der Waals surface area contributed by atoms with Crippen molar-refractivity contribution in [1.82, 2.24) is 5.32 Å². The topological polar surface area (TPSA) is 72.2 Å². The lowest BCUT2D eigenvalue weighted by Crippen LogP contribution is -2.49. The molecule has 0 radical (unpaired) electrons. The van der Waals surface area contributed by atoms with E-state index in [4.69, 9.17) is 23.2 Å². The van der Waals surface area contributed by atoms with E-state index >= 15 is 0 Å². The van der Waals surface area contributed by atoms with Crippen LogP contribution in [0.25, 0.3) is 0 Å². The average Bonchev–Trinajstić information content (AvgIpc) is 2.40. The van der Waals surface area contributed by atoms with Gasteiger partial charge in [0.15, 0.2) is 11.6 Å². The minimum Gasteiger partial charge on any atom is -0.344 e. The molecule has 1 aromatic rings. The molecule has 9 heteroatoms. The SMILES string of the molecule is CC(CCl)(CCl)NC(=O)c1cc(F)c(F)cc1[N+](=O)[O-]. The maximum atomic E-state index is 13.1. The molecular formula is C11H10Cl2F2N2O3. The number of nitrogens with zero attached hydrogens (tertiary/aromatic N) is 1. The molecule has 1 aromatic carbocycles. The second-order valence-electron chi connectivity index (χ2n) is 4.32. The van der Waals surface area contributed by atoms with Crippen molar-refractivity contribution >= 4 is 34.8 Å². The molecule has 1 rings (SSSR count). The molecule has 20 heavy (non-hydrogen) atoms. The zero-order chi connectivity index (χ0) is 15.5. The molecular weight excluding hydrogens is 317 g/mol. The number of alkyl halides is 2. The number of nitro benzene ring substituents is 1. The number of rotatable bonds is 5. The van der Waals surface area contributed by atoms with Crippen molar-refractivity contribution in [2.75, 3.05) is 11.8 Å². The highest BCUT2D eigenvalue weighted by Crippen LogP contribution is 2.23. The third-order valence-corrected chi connectivity index (χ3v) is 3.66. The van der Waals surface area contributed by atoms with Crippen LogP contribution in [0.4, 0.5) is 14.5 Å². The number of amides is 1. The van der Waals surface area contributed by atoms with Crippen LogP contribution in [-0.2, 0) is 0 Å². The number of hydrogen-bond acceptors (Lipinski definition) is 3. The van der Waals surface area contributed by atoms with Crippen LogP contribution in [0.1, 0.15) is 17.3 Å². The molecule has 110 valence electrons. The summed E-state index contributed by atoms with van der Waals surface area (Å²) < 4.78 is 26.1. The van der Waals surface area contributed by atoms with E-state index < -0.39 is 39.3 Å². The molecule has 5 nitrogen and oxygen atoms in total. The first-order chi connectivity index (χ1) is 9.24. The van der Waals surface area contributed by atoms with Gasteiger partial charge >= 0.3 is 0 Å². The maximum absolute atomic E-state index is 13.1. The molecule has 0 saturated carbocycles. The first-order valence-corrected chi connectivity index (χ1v) is 6.39. The maximum Gasteiger partial charge on any atom is 0.285 e.